The topological polar surface area (TPSA) is 79.2 Å². The lowest BCUT2D eigenvalue weighted by molar-refractivity contribution is -0.129. The molecule has 24 heavy (non-hydrogen) atoms. The number of amides is 1. The van der Waals surface area contributed by atoms with Crippen molar-refractivity contribution in [2.75, 3.05) is 13.2 Å². The number of allylic oxidation sites excluding steroid dienone is 2. The van der Waals surface area contributed by atoms with E-state index >= 15 is 0 Å². The van der Waals surface area contributed by atoms with Crippen molar-refractivity contribution in [3.05, 3.63) is 41.7 Å². The third-order valence-electron chi connectivity index (χ3n) is 3.86. The summed E-state index contributed by atoms with van der Waals surface area (Å²) in [4.78, 5) is 24.2. The van der Waals surface area contributed by atoms with Crippen LogP contribution in [0.4, 0.5) is 4.39 Å². The molecule has 2 atom stereocenters. The van der Waals surface area contributed by atoms with Crippen molar-refractivity contribution < 1.29 is 18.7 Å². The number of ketones is 1. The smallest absolute Gasteiger partial charge is 0.245 e. The van der Waals surface area contributed by atoms with Crippen LogP contribution in [0.1, 0.15) is 25.3 Å². The van der Waals surface area contributed by atoms with Gasteiger partial charge in [0.15, 0.2) is 11.7 Å². The van der Waals surface area contributed by atoms with Crippen molar-refractivity contribution >= 4 is 17.3 Å². The molecule has 1 aromatic rings. The zero-order valence-electron chi connectivity index (χ0n) is 13.4. The molecule has 1 fully saturated rings. The third-order valence-corrected chi connectivity index (χ3v) is 3.86. The summed E-state index contributed by atoms with van der Waals surface area (Å²) in [6.45, 7) is 2.63. The van der Waals surface area contributed by atoms with Gasteiger partial charge in [0.2, 0.25) is 5.91 Å². The highest BCUT2D eigenvalue weighted by Gasteiger charge is 2.26. The SMILES string of the molecule is C/C(=C\C(=O)[C@H](C#N)C(=O)NC[C@@H]1CCCO1)c1ccc(F)cc1. The fourth-order valence-electron chi connectivity index (χ4n) is 2.47. The van der Waals surface area contributed by atoms with Gasteiger partial charge in [0.05, 0.1) is 12.2 Å². The van der Waals surface area contributed by atoms with E-state index in [9.17, 15) is 14.0 Å². The summed E-state index contributed by atoms with van der Waals surface area (Å²) >= 11 is 0. The standard InChI is InChI=1S/C18H19FN2O3/c1-12(13-4-6-14(19)7-5-13)9-17(22)16(10-20)18(23)21-11-15-3-2-8-24-15/h4-7,9,15-16H,2-3,8,11H2,1H3,(H,21,23)/b12-9+/t15-,16-/m0/s1. The Morgan fingerprint density at radius 1 is 1.46 bits per heavy atom. The molecular weight excluding hydrogens is 311 g/mol. The van der Waals surface area contributed by atoms with E-state index in [2.05, 4.69) is 5.32 Å². The number of nitrogens with one attached hydrogen (secondary N) is 1. The number of ether oxygens (including phenoxy) is 1. The maximum absolute atomic E-state index is 12.9. The summed E-state index contributed by atoms with van der Waals surface area (Å²) in [5.41, 5.74) is 1.22. The van der Waals surface area contributed by atoms with Crippen LogP contribution in [-0.2, 0) is 14.3 Å². The van der Waals surface area contributed by atoms with Crippen molar-refractivity contribution in [2.45, 2.75) is 25.9 Å². The number of carbonyl (C=O) groups is 2. The molecule has 0 saturated carbocycles. The highest BCUT2D eigenvalue weighted by molar-refractivity contribution is 6.11. The van der Waals surface area contributed by atoms with Crippen LogP contribution in [0.3, 0.4) is 0 Å². The minimum Gasteiger partial charge on any atom is -0.376 e. The Morgan fingerprint density at radius 3 is 2.75 bits per heavy atom. The molecular formula is C18H19FN2O3. The van der Waals surface area contributed by atoms with Gasteiger partial charge in [-0.2, -0.15) is 5.26 Å². The molecule has 0 bridgehead atoms. The van der Waals surface area contributed by atoms with E-state index in [-0.39, 0.29) is 11.9 Å². The molecule has 6 heteroatoms. The molecule has 1 N–H and O–H groups in total. The molecule has 0 unspecified atom stereocenters. The van der Waals surface area contributed by atoms with E-state index in [0.717, 1.165) is 12.8 Å². The molecule has 1 aliphatic heterocycles. The van der Waals surface area contributed by atoms with Crippen molar-refractivity contribution in [1.29, 1.82) is 5.26 Å². The molecule has 1 aliphatic rings. The first-order chi connectivity index (χ1) is 11.5. The predicted molar refractivity (Wildman–Crippen MR) is 86.1 cm³/mol. The Bertz CT molecular complexity index is 670. The van der Waals surface area contributed by atoms with Crippen LogP contribution in [0.2, 0.25) is 0 Å². The van der Waals surface area contributed by atoms with Crippen molar-refractivity contribution in [1.82, 2.24) is 5.32 Å². The summed E-state index contributed by atoms with van der Waals surface area (Å²) in [5.74, 6) is -2.99. The van der Waals surface area contributed by atoms with Crippen LogP contribution in [0.5, 0.6) is 0 Å². The van der Waals surface area contributed by atoms with Gasteiger partial charge in [-0.25, -0.2) is 4.39 Å². The lowest BCUT2D eigenvalue weighted by Crippen LogP contribution is -2.38. The Kier molecular flexibility index (Phi) is 6.21. The number of benzene rings is 1. The molecule has 0 aliphatic carbocycles. The summed E-state index contributed by atoms with van der Waals surface area (Å²) in [6, 6.07) is 7.38. The Labute approximate surface area is 140 Å². The fraction of sp³-hybridized carbons (Fsp3) is 0.389. The van der Waals surface area contributed by atoms with Gasteiger partial charge in [0.25, 0.3) is 0 Å². The minimum absolute atomic E-state index is 0.0557. The number of nitrogens with zero attached hydrogens (tertiary/aromatic N) is 1. The van der Waals surface area contributed by atoms with Gasteiger partial charge in [-0.3, -0.25) is 9.59 Å². The maximum atomic E-state index is 12.9. The van der Waals surface area contributed by atoms with Gasteiger partial charge in [-0.15, -0.1) is 0 Å². The highest BCUT2D eigenvalue weighted by Crippen LogP contribution is 2.16. The van der Waals surface area contributed by atoms with Gasteiger partial charge < -0.3 is 10.1 Å². The number of hydrogen-bond donors (Lipinski definition) is 1. The normalized spacial score (nSPS) is 18.7. The molecule has 5 nitrogen and oxygen atoms in total. The van der Waals surface area contributed by atoms with Crippen LogP contribution in [0.15, 0.2) is 30.3 Å². The second kappa shape index (κ2) is 8.37. The first-order valence-electron chi connectivity index (χ1n) is 7.78. The highest BCUT2D eigenvalue weighted by atomic mass is 19.1. The van der Waals surface area contributed by atoms with E-state index in [1.165, 1.54) is 30.3 Å². The summed E-state index contributed by atoms with van der Waals surface area (Å²) in [5, 5.41) is 11.7. The molecule has 1 amide bonds. The molecule has 0 spiro atoms. The van der Waals surface area contributed by atoms with Crippen molar-refractivity contribution in [2.24, 2.45) is 5.92 Å². The zero-order valence-corrected chi connectivity index (χ0v) is 13.4. The average molecular weight is 330 g/mol. The van der Waals surface area contributed by atoms with Crippen LogP contribution in [-0.4, -0.2) is 30.9 Å². The number of rotatable bonds is 6. The molecule has 1 saturated heterocycles. The fourth-order valence-corrected chi connectivity index (χ4v) is 2.47. The van der Waals surface area contributed by atoms with Crippen molar-refractivity contribution in [3.8, 4) is 6.07 Å². The second-order valence-corrected chi connectivity index (χ2v) is 5.68. The van der Waals surface area contributed by atoms with E-state index < -0.39 is 17.6 Å². The predicted octanol–water partition coefficient (Wildman–Crippen LogP) is 2.23. The Hall–Kier alpha value is -2.52. The number of nitriles is 1. The van der Waals surface area contributed by atoms with Gasteiger partial charge in [0.1, 0.15) is 5.82 Å². The van der Waals surface area contributed by atoms with Crippen molar-refractivity contribution in [3.63, 3.8) is 0 Å². The number of carbonyl (C=O) groups excluding carboxylic acids is 2. The lowest BCUT2D eigenvalue weighted by Gasteiger charge is -2.12. The van der Waals surface area contributed by atoms with Crippen LogP contribution >= 0.6 is 0 Å². The first-order valence-corrected chi connectivity index (χ1v) is 7.78. The number of halogens is 1. The minimum atomic E-state index is -1.40. The molecule has 1 heterocycles. The molecule has 1 aromatic carbocycles. The van der Waals surface area contributed by atoms with E-state index in [4.69, 9.17) is 10.00 Å². The third kappa shape index (κ3) is 4.74. The van der Waals surface area contributed by atoms with E-state index in [1.54, 1.807) is 13.0 Å². The average Bonchev–Trinajstić information content (AvgIpc) is 3.07. The summed E-state index contributed by atoms with van der Waals surface area (Å²) < 4.78 is 18.3. The quantitative estimate of drug-likeness (QED) is 0.641. The lowest BCUT2D eigenvalue weighted by atomic mass is 9.99. The Balaban J connectivity index is 1.99. The van der Waals surface area contributed by atoms with E-state index in [0.29, 0.717) is 24.3 Å². The first kappa shape index (κ1) is 17.8. The summed E-state index contributed by atoms with van der Waals surface area (Å²) in [7, 11) is 0. The van der Waals surface area contributed by atoms with Crippen LogP contribution in [0, 0.1) is 23.1 Å². The number of hydrogen-bond acceptors (Lipinski definition) is 4. The van der Waals surface area contributed by atoms with Gasteiger partial charge in [-0.1, -0.05) is 12.1 Å². The molecule has 126 valence electrons. The Morgan fingerprint density at radius 2 is 2.17 bits per heavy atom. The largest absolute Gasteiger partial charge is 0.376 e. The van der Waals surface area contributed by atoms with Crippen LogP contribution < -0.4 is 5.32 Å². The molecule has 0 radical (unpaired) electrons. The van der Waals surface area contributed by atoms with E-state index in [1.807, 2.05) is 0 Å². The molecule has 2 rings (SSSR count). The maximum Gasteiger partial charge on any atom is 0.245 e. The summed E-state index contributed by atoms with van der Waals surface area (Å²) in [6.07, 6.45) is 2.99. The van der Waals surface area contributed by atoms with Crippen LogP contribution in [0.25, 0.3) is 5.57 Å². The van der Waals surface area contributed by atoms with Gasteiger partial charge in [-0.05, 0) is 49.1 Å². The second-order valence-electron chi connectivity index (χ2n) is 5.68. The van der Waals surface area contributed by atoms with Gasteiger partial charge in [0, 0.05) is 13.2 Å². The zero-order chi connectivity index (χ0) is 17.5. The monoisotopic (exact) mass is 330 g/mol. The van der Waals surface area contributed by atoms with Gasteiger partial charge >= 0.3 is 0 Å². The molecule has 0 aromatic heterocycles.